The van der Waals surface area contributed by atoms with Crippen LogP contribution in [0.4, 0.5) is 5.69 Å². The zero-order valence-electron chi connectivity index (χ0n) is 12.3. The Hall–Kier alpha value is -1.99. The number of hydrogen-bond donors (Lipinski definition) is 2. The van der Waals surface area contributed by atoms with Gasteiger partial charge in [-0.1, -0.05) is 13.0 Å². The molecule has 1 aromatic rings. The molecule has 1 rings (SSSR count). The summed E-state index contributed by atoms with van der Waals surface area (Å²) in [7, 11) is 1.62. The van der Waals surface area contributed by atoms with Crippen molar-refractivity contribution in [3.63, 3.8) is 0 Å². The van der Waals surface area contributed by atoms with Crippen LogP contribution in [0.1, 0.15) is 22.8 Å². The number of carbonyl (C=O) groups is 1. The quantitative estimate of drug-likeness (QED) is 0.404. The van der Waals surface area contributed by atoms with Gasteiger partial charge >= 0.3 is 0 Å². The third-order valence-corrected chi connectivity index (χ3v) is 3.00. The molecule has 0 saturated heterocycles. The Bertz CT molecular complexity index is 491. The number of amides is 1. The molecule has 1 aromatic carbocycles. The van der Waals surface area contributed by atoms with Gasteiger partial charge in [0.05, 0.1) is 11.5 Å². The van der Waals surface area contributed by atoms with E-state index < -0.39 is 4.92 Å². The lowest BCUT2D eigenvalue weighted by atomic mass is 10.1. The van der Waals surface area contributed by atoms with Gasteiger partial charge in [0.25, 0.3) is 11.6 Å². The molecule has 0 aliphatic carbocycles. The van der Waals surface area contributed by atoms with Crippen LogP contribution in [0, 0.1) is 10.1 Å². The van der Waals surface area contributed by atoms with E-state index in [9.17, 15) is 14.9 Å². The maximum atomic E-state index is 11.9. The van der Waals surface area contributed by atoms with Crippen LogP contribution in [0.5, 0.6) is 0 Å². The van der Waals surface area contributed by atoms with Crippen LogP contribution in [0.25, 0.3) is 0 Å². The van der Waals surface area contributed by atoms with Crippen LogP contribution in [0.3, 0.4) is 0 Å². The lowest BCUT2D eigenvalue weighted by Gasteiger charge is -2.07. The molecule has 7 heteroatoms. The van der Waals surface area contributed by atoms with Gasteiger partial charge in [-0.05, 0) is 12.5 Å². The summed E-state index contributed by atoms with van der Waals surface area (Å²) in [6.07, 6.45) is 0.557. The third-order valence-electron chi connectivity index (χ3n) is 3.00. The molecule has 7 nitrogen and oxygen atoms in total. The van der Waals surface area contributed by atoms with Gasteiger partial charge in [-0.2, -0.15) is 0 Å². The van der Waals surface area contributed by atoms with Crippen LogP contribution in [0.2, 0.25) is 0 Å². The third kappa shape index (κ3) is 5.49. The molecule has 0 saturated carbocycles. The number of nitro groups is 1. The number of methoxy groups -OCH3 is 1. The first-order valence-corrected chi connectivity index (χ1v) is 6.85. The molecule has 0 fully saturated rings. The van der Waals surface area contributed by atoms with Crippen molar-refractivity contribution >= 4 is 11.6 Å². The summed E-state index contributed by atoms with van der Waals surface area (Å²) in [6.45, 7) is 4.23. The van der Waals surface area contributed by atoms with Crippen LogP contribution in [0.15, 0.2) is 18.2 Å². The van der Waals surface area contributed by atoms with Gasteiger partial charge in [0.15, 0.2) is 0 Å². The summed E-state index contributed by atoms with van der Waals surface area (Å²) >= 11 is 0. The summed E-state index contributed by atoms with van der Waals surface area (Å²) in [5, 5.41) is 16.8. The van der Waals surface area contributed by atoms with Crippen LogP contribution < -0.4 is 10.6 Å². The number of nitro benzene ring substituents is 1. The molecule has 0 aliphatic heterocycles. The van der Waals surface area contributed by atoms with Gasteiger partial charge in [0, 0.05) is 43.9 Å². The number of ether oxygens (including phenoxy) is 1. The SMILES string of the molecule is CCc1ccc(C(=O)NCCNCCOC)cc1[N+](=O)[O-]. The van der Waals surface area contributed by atoms with Gasteiger partial charge in [0.1, 0.15) is 0 Å². The summed E-state index contributed by atoms with van der Waals surface area (Å²) in [5.74, 6) is -0.311. The van der Waals surface area contributed by atoms with Crippen molar-refractivity contribution in [3.05, 3.63) is 39.4 Å². The Labute approximate surface area is 123 Å². The standard InChI is InChI=1S/C14H21N3O4/c1-3-11-4-5-12(10-13(11)17(19)20)14(18)16-7-6-15-8-9-21-2/h4-5,10,15H,3,6-9H2,1-2H3,(H,16,18). The number of hydrogen-bond acceptors (Lipinski definition) is 5. The fourth-order valence-electron chi connectivity index (χ4n) is 1.84. The Morgan fingerprint density at radius 3 is 2.71 bits per heavy atom. The van der Waals surface area contributed by atoms with E-state index in [0.29, 0.717) is 43.8 Å². The number of aryl methyl sites for hydroxylation is 1. The predicted molar refractivity (Wildman–Crippen MR) is 79.6 cm³/mol. The fraction of sp³-hybridized carbons (Fsp3) is 0.500. The zero-order valence-corrected chi connectivity index (χ0v) is 12.3. The minimum Gasteiger partial charge on any atom is -0.383 e. The molecular weight excluding hydrogens is 274 g/mol. The highest BCUT2D eigenvalue weighted by Gasteiger charge is 2.16. The van der Waals surface area contributed by atoms with Crippen molar-refractivity contribution in [2.75, 3.05) is 33.4 Å². The van der Waals surface area contributed by atoms with Crippen molar-refractivity contribution in [1.82, 2.24) is 10.6 Å². The molecule has 0 aromatic heterocycles. The Balaban J connectivity index is 2.54. The van der Waals surface area contributed by atoms with E-state index in [1.165, 1.54) is 6.07 Å². The summed E-state index contributed by atoms with van der Waals surface area (Å²) in [6, 6.07) is 4.57. The summed E-state index contributed by atoms with van der Waals surface area (Å²) in [4.78, 5) is 22.4. The lowest BCUT2D eigenvalue weighted by molar-refractivity contribution is -0.385. The van der Waals surface area contributed by atoms with Gasteiger partial charge in [-0.3, -0.25) is 14.9 Å². The second kappa shape index (κ2) is 9.04. The van der Waals surface area contributed by atoms with Gasteiger partial charge in [-0.25, -0.2) is 0 Å². The van der Waals surface area contributed by atoms with E-state index in [1.54, 1.807) is 19.2 Å². The highest BCUT2D eigenvalue weighted by molar-refractivity contribution is 5.95. The highest BCUT2D eigenvalue weighted by atomic mass is 16.6. The minimum atomic E-state index is -0.456. The van der Waals surface area contributed by atoms with E-state index in [4.69, 9.17) is 4.74 Å². The monoisotopic (exact) mass is 295 g/mol. The number of nitrogens with one attached hydrogen (secondary N) is 2. The minimum absolute atomic E-state index is 0.0108. The lowest BCUT2D eigenvalue weighted by Crippen LogP contribution is -2.33. The van der Waals surface area contributed by atoms with E-state index >= 15 is 0 Å². The molecule has 0 aliphatic rings. The first kappa shape index (κ1) is 17.1. The van der Waals surface area contributed by atoms with E-state index in [0.717, 1.165) is 0 Å². The van der Waals surface area contributed by atoms with Crippen LogP contribution in [-0.2, 0) is 11.2 Å². The normalized spacial score (nSPS) is 10.4. The van der Waals surface area contributed by atoms with E-state index in [1.807, 2.05) is 6.92 Å². The second-order valence-electron chi connectivity index (χ2n) is 4.45. The molecule has 2 N–H and O–H groups in total. The van der Waals surface area contributed by atoms with E-state index in [-0.39, 0.29) is 11.6 Å². The van der Waals surface area contributed by atoms with Crippen molar-refractivity contribution in [2.24, 2.45) is 0 Å². The predicted octanol–water partition coefficient (Wildman–Crippen LogP) is 1.12. The Kier molecular flexibility index (Phi) is 7.34. The molecule has 0 atom stereocenters. The van der Waals surface area contributed by atoms with Crippen molar-refractivity contribution in [2.45, 2.75) is 13.3 Å². The maximum absolute atomic E-state index is 11.9. The number of benzene rings is 1. The first-order chi connectivity index (χ1) is 10.1. The van der Waals surface area contributed by atoms with Crippen molar-refractivity contribution in [3.8, 4) is 0 Å². The summed E-state index contributed by atoms with van der Waals surface area (Å²) < 4.78 is 4.88. The van der Waals surface area contributed by atoms with Crippen LogP contribution >= 0.6 is 0 Å². The molecular formula is C14H21N3O4. The maximum Gasteiger partial charge on any atom is 0.273 e. The average molecular weight is 295 g/mol. The summed E-state index contributed by atoms with van der Waals surface area (Å²) in [5.41, 5.74) is 0.914. The number of carbonyl (C=O) groups excluding carboxylic acids is 1. The van der Waals surface area contributed by atoms with E-state index in [2.05, 4.69) is 10.6 Å². The fourth-order valence-corrected chi connectivity index (χ4v) is 1.84. The molecule has 0 radical (unpaired) electrons. The molecule has 0 heterocycles. The largest absolute Gasteiger partial charge is 0.383 e. The first-order valence-electron chi connectivity index (χ1n) is 6.85. The molecule has 116 valence electrons. The molecule has 1 amide bonds. The average Bonchev–Trinajstić information content (AvgIpc) is 2.49. The Morgan fingerprint density at radius 1 is 1.33 bits per heavy atom. The molecule has 0 spiro atoms. The van der Waals surface area contributed by atoms with Crippen LogP contribution in [-0.4, -0.2) is 44.2 Å². The second-order valence-corrected chi connectivity index (χ2v) is 4.45. The van der Waals surface area contributed by atoms with Gasteiger partial charge < -0.3 is 15.4 Å². The topological polar surface area (TPSA) is 93.5 Å². The van der Waals surface area contributed by atoms with Crippen molar-refractivity contribution in [1.29, 1.82) is 0 Å². The molecule has 0 bridgehead atoms. The number of nitrogens with zero attached hydrogens (tertiary/aromatic N) is 1. The highest BCUT2D eigenvalue weighted by Crippen LogP contribution is 2.20. The molecule has 21 heavy (non-hydrogen) atoms. The van der Waals surface area contributed by atoms with Gasteiger partial charge in [-0.15, -0.1) is 0 Å². The zero-order chi connectivity index (χ0) is 15.7. The van der Waals surface area contributed by atoms with Crippen molar-refractivity contribution < 1.29 is 14.5 Å². The Morgan fingerprint density at radius 2 is 2.10 bits per heavy atom. The molecule has 0 unspecified atom stereocenters. The number of rotatable bonds is 9. The smallest absolute Gasteiger partial charge is 0.273 e. The van der Waals surface area contributed by atoms with Gasteiger partial charge in [0.2, 0.25) is 0 Å².